The molecule has 0 aliphatic rings. The highest BCUT2D eigenvalue weighted by atomic mass is 16.5. The monoisotopic (exact) mass is 301 g/mol. The number of carbonyl (C=O) groups is 1. The van der Waals surface area contributed by atoms with Gasteiger partial charge in [-0.1, -0.05) is 0 Å². The molecule has 1 aromatic rings. The number of ether oxygens (including phenoxy) is 1. The van der Waals surface area contributed by atoms with Crippen LogP contribution in [0.5, 0.6) is 0 Å². The molecule has 1 rings (SSSR count). The van der Waals surface area contributed by atoms with Crippen LogP contribution in [0.3, 0.4) is 0 Å². The number of rotatable bonds is 7. The zero-order chi connectivity index (χ0) is 16.5. The maximum absolute atomic E-state index is 11.6. The first-order chi connectivity index (χ1) is 10.6. The summed E-state index contributed by atoms with van der Waals surface area (Å²) in [6.07, 6.45) is 1.34. The molecule has 0 radical (unpaired) electrons. The Balaban J connectivity index is 2.92. The molecular weight excluding hydrogens is 278 g/mol. The van der Waals surface area contributed by atoms with Crippen LogP contribution in [0, 0.1) is 24.2 Å². The van der Waals surface area contributed by atoms with Crippen molar-refractivity contribution in [3.8, 4) is 6.07 Å². The summed E-state index contributed by atoms with van der Waals surface area (Å²) in [6, 6.07) is 7.85. The molecule has 0 saturated carbocycles. The Morgan fingerprint density at radius 3 is 2.59 bits per heavy atom. The molecule has 1 aromatic carbocycles. The van der Waals surface area contributed by atoms with E-state index >= 15 is 0 Å². The topological polar surface area (TPSA) is 65.7 Å². The molecule has 5 heteroatoms. The van der Waals surface area contributed by atoms with E-state index in [1.807, 2.05) is 25.1 Å². The van der Waals surface area contributed by atoms with Crippen molar-refractivity contribution in [1.29, 1.82) is 5.26 Å². The molecule has 0 aliphatic heterocycles. The van der Waals surface area contributed by atoms with Crippen LogP contribution in [-0.4, -0.2) is 31.9 Å². The molecule has 1 atom stereocenters. The number of nitriles is 1. The van der Waals surface area contributed by atoms with Gasteiger partial charge in [0.15, 0.2) is 5.92 Å². The average molecular weight is 301 g/mol. The molecule has 118 valence electrons. The van der Waals surface area contributed by atoms with Crippen molar-refractivity contribution in [3.63, 3.8) is 0 Å². The summed E-state index contributed by atoms with van der Waals surface area (Å²) in [4.78, 5) is 18.1. The van der Waals surface area contributed by atoms with E-state index < -0.39 is 11.9 Å². The molecule has 0 heterocycles. The summed E-state index contributed by atoms with van der Waals surface area (Å²) in [7, 11) is 0. The van der Waals surface area contributed by atoms with Crippen molar-refractivity contribution in [3.05, 3.63) is 23.8 Å². The fraction of sp³-hybridized carbons (Fsp3) is 0.471. The van der Waals surface area contributed by atoms with Gasteiger partial charge < -0.3 is 9.64 Å². The number of aliphatic imine (C=N–C) groups is 1. The first-order valence-corrected chi connectivity index (χ1v) is 7.53. The summed E-state index contributed by atoms with van der Waals surface area (Å²) < 4.78 is 4.83. The Hall–Kier alpha value is -2.35. The van der Waals surface area contributed by atoms with Crippen molar-refractivity contribution in [2.45, 2.75) is 27.7 Å². The number of benzene rings is 1. The molecule has 0 fully saturated rings. The second-order valence-electron chi connectivity index (χ2n) is 4.78. The Morgan fingerprint density at radius 2 is 2.09 bits per heavy atom. The lowest BCUT2D eigenvalue weighted by atomic mass is 10.1. The Kier molecular flexibility index (Phi) is 7.11. The van der Waals surface area contributed by atoms with Crippen LogP contribution in [0.2, 0.25) is 0 Å². The average Bonchev–Trinajstić information content (AvgIpc) is 2.51. The molecule has 1 unspecified atom stereocenters. The van der Waals surface area contributed by atoms with Crippen LogP contribution in [0.4, 0.5) is 11.4 Å². The zero-order valence-corrected chi connectivity index (χ0v) is 13.7. The van der Waals surface area contributed by atoms with Crippen LogP contribution < -0.4 is 4.90 Å². The number of hydrogen-bond acceptors (Lipinski definition) is 5. The van der Waals surface area contributed by atoms with Gasteiger partial charge in [-0.2, -0.15) is 5.26 Å². The van der Waals surface area contributed by atoms with Crippen LogP contribution in [0.25, 0.3) is 0 Å². The predicted octanol–water partition coefficient (Wildman–Crippen LogP) is 3.25. The first-order valence-electron chi connectivity index (χ1n) is 7.53. The van der Waals surface area contributed by atoms with Gasteiger partial charge in [0.2, 0.25) is 0 Å². The zero-order valence-electron chi connectivity index (χ0n) is 13.7. The van der Waals surface area contributed by atoms with Crippen LogP contribution >= 0.6 is 0 Å². The fourth-order valence-electron chi connectivity index (χ4n) is 2.10. The van der Waals surface area contributed by atoms with Gasteiger partial charge in [-0.05, 0) is 51.5 Å². The van der Waals surface area contributed by atoms with E-state index in [1.54, 1.807) is 6.92 Å². The maximum Gasteiger partial charge on any atom is 0.328 e. The van der Waals surface area contributed by atoms with Crippen LogP contribution in [0.1, 0.15) is 26.3 Å². The molecule has 0 aromatic heterocycles. The third-order valence-electron chi connectivity index (χ3n) is 3.35. The van der Waals surface area contributed by atoms with Crippen molar-refractivity contribution >= 4 is 23.6 Å². The van der Waals surface area contributed by atoms with E-state index in [2.05, 4.69) is 29.8 Å². The highest BCUT2D eigenvalue weighted by Gasteiger charge is 2.16. The van der Waals surface area contributed by atoms with Gasteiger partial charge in [-0.25, -0.2) is 0 Å². The summed E-state index contributed by atoms with van der Waals surface area (Å²) in [6.45, 7) is 10.0. The predicted molar refractivity (Wildman–Crippen MR) is 88.6 cm³/mol. The molecule has 0 amide bonds. The molecule has 0 bridgehead atoms. The van der Waals surface area contributed by atoms with Gasteiger partial charge in [0, 0.05) is 25.0 Å². The summed E-state index contributed by atoms with van der Waals surface area (Å²) in [5.41, 5.74) is 2.89. The van der Waals surface area contributed by atoms with Gasteiger partial charge in [-0.15, -0.1) is 0 Å². The van der Waals surface area contributed by atoms with E-state index in [-0.39, 0.29) is 6.61 Å². The van der Waals surface area contributed by atoms with Gasteiger partial charge in [0.25, 0.3) is 0 Å². The lowest BCUT2D eigenvalue weighted by Crippen LogP contribution is -2.21. The molecule has 0 N–H and O–H groups in total. The van der Waals surface area contributed by atoms with Crippen molar-refractivity contribution in [2.75, 3.05) is 24.6 Å². The lowest BCUT2D eigenvalue weighted by molar-refractivity contribution is -0.143. The number of nitrogens with zero attached hydrogens (tertiary/aromatic N) is 3. The molecule has 5 nitrogen and oxygen atoms in total. The molecule has 0 spiro atoms. The third-order valence-corrected chi connectivity index (χ3v) is 3.35. The Labute approximate surface area is 132 Å². The van der Waals surface area contributed by atoms with Gasteiger partial charge in [0.1, 0.15) is 0 Å². The van der Waals surface area contributed by atoms with Crippen LogP contribution in [0.15, 0.2) is 23.2 Å². The SMILES string of the molecule is CCOC(=O)C(C#N)C=Nc1ccc(N(CC)CC)cc1C. The Bertz CT molecular complexity index is 572. The number of hydrogen-bond donors (Lipinski definition) is 0. The number of aryl methyl sites for hydroxylation is 1. The van der Waals surface area contributed by atoms with E-state index in [4.69, 9.17) is 10.00 Å². The normalized spacial score (nSPS) is 12.0. The first kappa shape index (κ1) is 17.7. The summed E-state index contributed by atoms with van der Waals surface area (Å²) >= 11 is 0. The Morgan fingerprint density at radius 1 is 1.41 bits per heavy atom. The smallest absolute Gasteiger partial charge is 0.328 e. The molecule has 0 aliphatic carbocycles. The highest BCUT2D eigenvalue weighted by Crippen LogP contribution is 2.24. The fourth-order valence-corrected chi connectivity index (χ4v) is 2.10. The second-order valence-corrected chi connectivity index (χ2v) is 4.78. The van der Waals surface area contributed by atoms with E-state index in [0.717, 1.165) is 30.0 Å². The highest BCUT2D eigenvalue weighted by molar-refractivity contribution is 5.93. The maximum atomic E-state index is 11.6. The molecular formula is C17H23N3O2. The number of carbonyl (C=O) groups excluding carboxylic acids is 1. The lowest BCUT2D eigenvalue weighted by Gasteiger charge is -2.21. The summed E-state index contributed by atoms with van der Waals surface area (Å²) in [5.74, 6) is -1.53. The quantitative estimate of drug-likeness (QED) is 0.573. The van der Waals surface area contributed by atoms with E-state index in [9.17, 15) is 4.79 Å². The van der Waals surface area contributed by atoms with Gasteiger partial charge in [0.05, 0.1) is 18.4 Å². The minimum absolute atomic E-state index is 0.252. The number of anilines is 1. The van der Waals surface area contributed by atoms with Crippen molar-refractivity contribution < 1.29 is 9.53 Å². The number of esters is 1. The van der Waals surface area contributed by atoms with Gasteiger partial charge in [-0.3, -0.25) is 9.79 Å². The second kappa shape index (κ2) is 8.83. The molecule has 0 saturated heterocycles. The largest absolute Gasteiger partial charge is 0.465 e. The summed E-state index contributed by atoms with van der Waals surface area (Å²) in [5, 5.41) is 9.00. The van der Waals surface area contributed by atoms with E-state index in [0.29, 0.717) is 0 Å². The third kappa shape index (κ3) is 4.59. The van der Waals surface area contributed by atoms with Crippen molar-refractivity contribution in [1.82, 2.24) is 0 Å². The van der Waals surface area contributed by atoms with E-state index in [1.165, 1.54) is 6.21 Å². The minimum atomic E-state index is -0.971. The minimum Gasteiger partial charge on any atom is -0.465 e. The standard InChI is InChI=1S/C17H23N3O2/c1-5-20(6-2)15-8-9-16(13(4)10-15)19-12-14(11-18)17(21)22-7-3/h8-10,12,14H,5-7H2,1-4H3. The molecule has 22 heavy (non-hydrogen) atoms. The van der Waals surface area contributed by atoms with Crippen molar-refractivity contribution in [2.24, 2.45) is 10.9 Å². The van der Waals surface area contributed by atoms with Gasteiger partial charge >= 0.3 is 5.97 Å². The van der Waals surface area contributed by atoms with Crippen LogP contribution in [-0.2, 0) is 9.53 Å².